The summed E-state index contributed by atoms with van der Waals surface area (Å²) in [5.74, 6) is -0.0624. The van der Waals surface area contributed by atoms with Gasteiger partial charge in [0.1, 0.15) is 16.3 Å². The molecule has 0 spiro atoms. The molecule has 4 rings (SSSR count). The van der Waals surface area contributed by atoms with Crippen LogP contribution in [0.4, 0.5) is 17.1 Å². The van der Waals surface area contributed by atoms with Gasteiger partial charge in [-0.2, -0.15) is 8.42 Å². The fourth-order valence-corrected chi connectivity index (χ4v) is 4.09. The number of azo groups is 1. The minimum atomic E-state index is -4.50. The van der Waals surface area contributed by atoms with Crippen LogP contribution in [0.5, 0.6) is 0 Å². The SMILES string of the molecule is CC(=O)c1ccccc1-c1ccc(/N=N/c2cc(S(=O)(=O)O)c3ccccc3c2N)cn1.[NaH]. The number of aromatic nitrogens is 1. The van der Waals surface area contributed by atoms with Crippen molar-refractivity contribution in [1.82, 2.24) is 4.98 Å². The van der Waals surface area contributed by atoms with Gasteiger partial charge in [-0.25, -0.2) is 0 Å². The molecule has 0 saturated carbocycles. The van der Waals surface area contributed by atoms with Crippen molar-refractivity contribution in [3.05, 3.63) is 78.5 Å². The molecule has 3 aromatic carbocycles. The molecule has 162 valence electrons. The first-order chi connectivity index (χ1) is 15.3. The van der Waals surface area contributed by atoms with Crippen molar-refractivity contribution in [2.45, 2.75) is 11.8 Å². The van der Waals surface area contributed by atoms with Crippen molar-refractivity contribution in [2.75, 3.05) is 5.73 Å². The van der Waals surface area contributed by atoms with Crippen molar-refractivity contribution in [3.63, 3.8) is 0 Å². The minimum absolute atomic E-state index is 0. The fourth-order valence-electron chi connectivity index (χ4n) is 3.38. The molecule has 1 aromatic heterocycles. The van der Waals surface area contributed by atoms with Crippen LogP contribution in [0.3, 0.4) is 0 Å². The van der Waals surface area contributed by atoms with Crippen molar-refractivity contribution in [1.29, 1.82) is 0 Å². The maximum atomic E-state index is 11.9. The third-order valence-electron chi connectivity index (χ3n) is 4.91. The quantitative estimate of drug-likeness (QED) is 0.143. The van der Waals surface area contributed by atoms with Gasteiger partial charge in [-0.15, -0.1) is 10.2 Å². The molecule has 0 aliphatic carbocycles. The number of benzene rings is 3. The zero-order valence-electron chi connectivity index (χ0n) is 16.9. The summed E-state index contributed by atoms with van der Waals surface area (Å²) in [6, 6.07) is 18.3. The molecule has 8 nitrogen and oxygen atoms in total. The van der Waals surface area contributed by atoms with Gasteiger partial charge in [0, 0.05) is 21.9 Å². The van der Waals surface area contributed by atoms with Crippen LogP contribution in [0.25, 0.3) is 22.0 Å². The number of nitrogens with zero attached hydrogens (tertiary/aromatic N) is 3. The monoisotopic (exact) mass is 470 g/mol. The number of nitrogen functional groups attached to an aromatic ring is 1. The van der Waals surface area contributed by atoms with Gasteiger partial charge in [0.2, 0.25) is 0 Å². The summed E-state index contributed by atoms with van der Waals surface area (Å²) in [6.07, 6.45) is 1.48. The number of carbonyl (C=O) groups is 1. The molecule has 3 N–H and O–H groups in total. The average molecular weight is 470 g/mol. The first-order valence-electron chi connectivity index (χ1n) is 9.52. The summed E-state index contributed by atoms with van der Waals surface area (Å²) >= 11 is 0. The van der Waals surface area contributed by atoms with Gasteiger partial charge in [0.25, 0.3) is 10.1 Å². The van der Waals surface area contributed by atoms with Crippen LogP contribution < -0.4 is 5.73 Å². The van der Waals surface area contributed by atoms with E-state index in [0.717, 1.165) is 0 Å². The number of carbonyl (C=O) groups excluding carboxylic acids is 1. The topological polar surface area (TPSA) is 135 Å². The Morgan fingerprint density at radius 2 is 1.64 bits per heavy atom. The van der Waals surface area contributed by atoms with E-state index in [9.17, 15) is 17.8 Å². The second kappa shape index (κ2) is 9.90. The van der Waals surface area contributed by atoms with Crippen LogP contribution in [-0.4, -0.2) is 53.3 Å². The van der Waals surface area contributed by atoms with Crippen LogP contribution >= 0.6 is 0 Å². The molecule has 0 aliphatic heterocycles. The Morgan fingerprint density at radius 3 is 2.27 bits per heavy atom. The van der Waals surface area contributed by atoms with E-state index < -0.39 is 10.1 Å². The summed E-state index contributed by atoms with van der Waals surface area (Å²) < 4.78 is 33.3. The number of fused-ring (bicyclic) bond motifs is 1. The molecular formula is C23H19N4NaO4S. The Bertz CT molecular complexity index is 1490. The average Bonchev–Trinajstić information content (AvgIpc) is 2.78. The third-order valence-corrected chi connectivity index (χ3v) is 5.80. The standard InChI is InChI=1S/C23H18N4O4S.Na.H/c1-14(28)16-6-2-3-7-17(16)20-11-10-15(13-25-20)26-27-21-12-22(32(29,30)31)18-8-4-5-9-19(18)23(21)24;;/h2-13H,24H2,1H3,(H,29,30,31);;/b27-26+;;. The van der Waals surface area contributed by atoms with E-state index in [-0.39, 0.29) is 51.6 Å². The van der Waals surface area contributed by atoms with Crippen molar-refractivity contribution in [2.24, 2.45) is 10.2 Å². The Morgan fingerprint density at radius 1 is 0.970 bits per heavy atom. The molecule has 0 radical (unpaired) electrons. The second-order valence-electron chi connectivity index (χ2n) is 7.03. The van der Waals surface area contributed by atoms with Gasteiger partial charge < -0.3 is 5.73 Å². The molecule has 0 aliphatic rings. The van der Waals surface area contributed by atoms with Crippen LogP contribution in [0, 0.1) is 0 Å². The first-order valence-corrected chi connectivity index (χ1v) is 11.0. The Kier molecular flexibility index (Phi) is 7.41. The van der Waals surface area contributed by atoms with E-state index in [1.54, 1.807) is 48.5 Å². The molecule has 33 heavy (non-hydrogen) atoms. The number of nitrogens with two attached hydrogens (primary N) is 1. The van der Waals surface area contributed by atoms with Gasteiger partial charge in [0.05, 0.1) is 17.6 Å². The summed E-state index contributed by atoms with van der Waals surface area (Å²) in [5.41, 5.74) is 8.77. The molecular weight excluding hydrogens is 451 g/mol. The van der Waals surface area contributed by atoms with E-state index in [2.05, 4.69) is 15.2 Å². The summed E-state index contributed by atoms with van der Waals surface area (Å²) in [6.45, 7) is 1.50. The van der Waals surface area contributed by atoms with Gasteiger partial charge in [-0.1, -0.05) is 48.5 Å². The molecule has 0 amide bonds. The van der Waals surface area contributed by atoms with Gasteiger partial charge >= 0.3 is 29.6 Å². The predicted octanol–water partition coefficient (Wildman–Crippen LogP) is 4.70. The normalized spacial score (nSPS) is 11.5. The number of hydrogen-bond acceptors (Lipinski definition) is 7. The second-order valence-corrected chi connectivity index (χ2v) is 8.42. The molecule has 0 saturated heterocycles. The van der Waals surface area contributed by atoms with Gasteiger partial charge in [-0.05, 0) is 25.1 Å². The van der Waals surface area contributed by atoms with Crippen LogP contribution in [0.2, 0.25) is 0 Å². The number of hydrogen-bond donors (Lipinski definition) is 2. The zero-order chi connectivity index (χ0) is 22.9. The van der Waals surface area contributed by atoms with Crippen LogP contribution in [0.15, 0.2) is 88.1 Å². The first kappa shape index (κ1) is 24.7. The van der Waals surface area contributed by atoms with Crippen LogP contribution in [0.1, 0.15) is 17.3 Å². The van der Waals surface area contributed by atoms with Crippen molar-refractivity contribution in [3.8, 4) is 11.3 Å². The van der Waals surface area contributed by atoms with E-state index in [1.165, 1.54) is 19.2 Å². The zero-order valence-corrected chi connectivity index (χ0v) is 17.7. The molecule has 0 bridgehead atoms. The van der Waals surface area contributed by atoms with E-state index in [4.69, 9.17) is 5.73 Å². The van der Waals surface area contributed by atoms with Crippen molar-refractivity contribution < 1.29 is 17.8 Å². The fraction of sp³-hybridized carbons (Fsp3) is 0.0435. The summed E-state index contributed by atoms with van der Waals surface area (Å²) in [4.78, 5) is 15.9. The number of ketones is 1. The van der Waals surface area contributed by atoms with Crippen LogP contribution in [-0.2, 0) is 10.1 Å². The third kappa shape index (κ3) is 5.18. The Hall–Kier alpha value is -2.95. The number of Topliss-reactive ketones (excluding diaryl/α,β-unsaturated/α-hetero) is 1. The summed E-state index contributed by atoms with van der Waals surface area (Å²) in [5, 5.41) is 8.91. The molecule has 4 aromatic rings. The number of rotatable bonds is 5. The Balaban J connectivity index is 0.00000306. The Labute approximate surface area is 212 Å². The number of pyridine rings is 1. The van der Waals surface area contributed by atoms with Crippen molar-refractivity contribution >= 4 is 73.3 Å². The predicted molar refractivity (Wildman–Crippen MR) is 129 cm³/mol. The molecule has 0 atom stereocenters. The number of anilines is 1. The van der Waals surface area contributed by atoms with E-state index in [1.807, 2.05) is 12.1 Å². The molecule has 1 heterocycles. The molecule has 0 unspecified atom stereocenters. The summed E-state index contributed by atoms with van der Waals surface area (Å²) in [7, 11) is -4.50. The van der Waals surface area contributed by atoms with Gasteiger partial charge in [-0.3, -0.25) is 14.3 Å². The van der Waals surface area contributed by atoms with E-state index >= 15 is 0 Å². The molecule has 10 heteroatoms. The maximum absolute atomic E-state index is 11.9. The van der Waals surface area contributed by atoms with E-state index in [0.29, 0.717) is 33.3 Å². The molecule has 0 fully saturated rings. The van der Waals surface area contributed by atoms with Gasteiger partial charge in [0.15, 0.2) is 5.78 Å².